The molecule has 202 valence electrons. The fourth-order valence-corrected chi connectivity index (χ4v) is 5.62. The third-order valence-electron chi connectivity index (χ3n) is 5.96. The summed E-state index contributed by atoms with van der Waals surface area (Å²) in [5.74, 6) is -0.327. The van der Waals surface area contributed by atoms with Crippen molar-refractivity contribution in [2.45, 2.75) is 37.8 Å². The summed E-state index contributed by atoms with van der Waals surface area (Å²) in [5, 5.41) is 3.10. The maximum atomic E-state index is 13.9. The minimum Gasteiger partial charge on any atom is -0.497 e. The molecule has 0 saturated heterocycles. The average molecular weight is 558 g/mol. The summed E-state index contributed by atoms with van der Waals surface area (Å²) >= 11 is 6.19. The maximum Gasteiger partial charge on any atom is 0.264 e. The summed E-state index contributed by atoms with van der Waals surface area (Å²) in [7, 11) is -2.70. The molecular formula is C28H32ClN3O5S. The van der Waals surface area contributed by atoms with Crippen LogP contribution in [0.2, 0.25) is 5.02 Å². The zero-order chi connectivity index (χ0) is 27.7. The number of hydrogen-bond donors (Lipinski definition) is 1. The number of nitrogens with one attached hydrogen (secondary N) is 1. The van der Waals surface area contributed by atoms with Gasteiger partial charge in [-0.2, -0.15) is 0 Å². The zero-order valence-electron chi connectivity index (χ0n) is 21.6. The second kappa shape index (κ2) is 13.3. The van der Waals surface area contributed by atoms with Gasteiger partial charge in [-0.25, -0.2) is 8.42 Å². The lowest BCUT2D eigenvalue weighted by molar-refractivity contribution is -0.140. The number of sulfonamides is 1. The Kier molecular flexibility index (Phi) is 10.2. The zero-order valence-corrected chi connectivity index (χ0v) is 23.2. The van der Waals surface area contributed by atoms with Crippen molar-refractivity contribution >= 4 is 39.1 Å². The molecular weight excluding hydrogens is 526 g/mol. The topological polar surface area (TPSA) is 96.0 Å². The average Bonchev–Trinajstić information content (AvgIpc) is 2.92. The predicted octanol–water partition coefficient (Wildman–Crippen LogP) is 4.49. The molecule has 8 nitrogen and oxygen atoms in total. The molecule has 0 aliphatic carbocycles. The summed E-state index contributed by atoms with van der Waals surface area (Å²) in [5.41, 5.74) is 1.04. The second-order valence-corrected chi connectivity index (χ2v) is 10.8. The lowest BCUT2D eigenvalue weighted by atomic mass is 10.1. The standard InChI is InChI=1S/C28H32ClN3O5S/c1-4-26(28(34)30-5-2)31(19-21-10-7-6-8-11-21)27(33)20-32(23-13-9-12-22(29)18-23)38(35,36)25-16-14-24(37-3)15-17-25/h6-18,26H,4-5,19-20H2,1-3H3,(H,30,34). The molecule has 0 radical (unpaired) electrons. The van der Waals surface area contributed by atoms with Crippen LogP contribution in [0.25, 0.3) is 0 Å². The van der Waals surface area contributed by atoms with Gasteiger partial charge in [-0.3, -0.25) is 13.9 Å². The fraction of sp³-hybridized carbons (Fsp3) is 0.286. The molecule has 0 bridgehead atoms. The predicted molar refractivity (Wildman–Crippen MR) is 149 cm³/mol. The Labute approximate surface area is 229 Å². The normalized spacial score (nSPS) is 11.9. The Bertz CT molecular complexity index is 1330. The third kappa shape index (κ3) is 7.05. The summed E-state index contributed by atoms with van der Waals surface area (Å²) in [6, 6.07) is 20.7. The Morgan fingerprint density at radius 2 is 1.66 bits per heavy atom. The molecule has 1 N–H and O–H groups in total. The number of halogens is 1. The van der Waals surface area contributed by atoms with Gasteiger partial charge in [0, 0.05) is 18.1 Å². The minimum atomic E-state index is -4.19. The number of hydrogen-bond acceptors (Lipinski definition) is 5. The Hall–Kier alpha value is -3.56. The maximum absolute atomic E-state index is 13.9. The molecule has 0 heterocycles. The Morgan fingerprint density at radius 3 is 2.24 bits per heavy atom. The van der Waals surface area contributed by atoms with Crippen molar-refractivity contribution in [1.29, 1.82) is 0 Å². The van der Waals surface area contributed by atoms with Gasteiger partial charge >= 0.3 is 0 Å². The van der Waals surface area contributed by atoms with Crippen LogP contribution in [0.1, 0.15) is 25.8 Å². The van der Waals surface area contributed by atoms with Crippen LogP contribution in [0.5, 0.6) is 5.75 Å². The van der Waals surface area contributed by atoms with Gasteiger partial charge < -0.3 is 15.0 Å². The van der Waals surface area contributed by atoms with Gasteiger partial charge in [-0.15, -0.1) is 0 Å². The lowest BCUT2D eigenvalue weighted by Crippen LogP contribution is -2.52. The number of anilines is 1. The second-order valence-electron chi connectivity index (χ2n) is 8.49. The van der Waals surface area contributed by atoms with Gasteiger partial charge in [-0.05, 0) is 61.4 Å². The largest absolute Gasteiger partial charge is 0.497 e. The van der Waals surface area contributed by atoms with Crippen molar-refractivity contribution in [2.24, 2.45) is 0 Å². The van der Waals surface area contributed by atoms with Crippen LogP contribution < -0.4 is 14.4 Å². The van der Waals surface area contributed by atoms with Crippen LogP contribution >= 0.6 is 11.6 Å². The highest BCUT2D eigenvalue weighted by atomic mass is 35.5. The van der Waals surface area contributed by atoms with E-state index in [4.69, 9.17) is 16.3 Å². The number of benzene rings is 3. The van der Waals surface area contributed by atoms with E-state index >= 15 is 0 Å². The van der Waals surface area contributed by atoms with E-state index in [0.717, 1.165) is 9.87 Å². The van der Waals surface area contributed by atoms with Crippen LogP contribution in [0, 0.1) is 0 Å². The van der Waals surface area contributed by atoms with Gasteiger partial charge in [0.15, 0.2) is 0 Å². The third-order valence-corrected chi connectivity index (χ3v) is 7.98. The molecule has 10 heteroatoms. The highest BCUT2D eigenvalue weighted by Gasteiger charge is 2.33. The van der Waals surface area contributed by atoms with Crippen LogP contribution in [0.3, 0.4) is 0 Å². The van der Waals surface area contributed by atoms with E-state index in [1.54, 1.807) is 25.1 Å². The van der Waals surface area contributed by atoms with E-state index in [-0.39, 0.29) is 23.0 Å². The molecule has 1 unspecified atom stereocenters. The molecule has 3 aromatic carbocycles. The molecule has 38 heavy (non-hydrogen) atoms. The van der Waals surface area contributed by atoms with Crippen molar-refractivity contribution in [3.8, 4) is 5.75 Å². The van der Waals surface area contributed by atoms with E-state index in [1.165, 1.54) is 42.3 Å². The Morgan fingerprint density at radius 1 is 0.974 bits per heavy atom. The van der Waals surface area contributed by atoms with E-state index in [1.807, 2.05) is 37.3 Å². The molecule has 0 aliphatic rings. The molecule has 3 rings (SSSR count). The van der Waals surface area contributed by atoms with Crippen molar-refractivity contribution in [2.75, 3.05) is 24.5 Å². The van der Waals surface area contributed by atoms with Crippen LogP contribution in [-0.4, -0.2) is 51.4 Å². The number of methoxy groups -OCH3 is 1. The number of amides is 2. The number of nitrogens with zero attached hydrogens (tertiary/aromatic N) is 2. The number of likely N-dealkylation sites (N-methyl/N-ethyl adjacent to an activating group) is 1. The first-order valence-corrected chi connectivity index (χ1v) is 14.1. The summed E-state index contributed by atoms with van der Waals surface area (Å²) in [4.78, 5) is 28.2. The number of rotatable bonds is 12. The van der Waals surface area contributed by atoms with Crippen molar-refractivity contribution in [3.63, 3.8) is 0 Å². The first kappa shape index (κ1) is 29.0. The van der Waals surface area contributed by atoms with E-state index in [2.05, 4.69) is 5.32 Å². The SMILES string of the molecule is CCNC(=O)C(CC)N(Cc1ccccc1)C(=O)CN(c1cccc(Cl)c1)S(=O)(=O)c1ccc(OC)cc1. The summed E-state index contributed by atoms with van der Waals surface area (Å²) in [6.07, 6.45) is 0.354. The molecule has 1 atom stereocenters. The molecule has 0 spiro atoms. The van der Waals surface area contributed by atoms with Crippen LogP contribution in [0.4, 0.5) is 5.69 Å². The van der Waals surface area contributed by atoms with E-state index in [9.17, 15) is 18.0 Å². The lowest BCUT2D eigenvalue weighted by Gasteiger charge is -2.33. The molecule has 0 fully saturated rings. The quantitative estimate of drug-likeness (QED) is 0.354. The van der Waals surface area contributed by atoms with Crippen LogP contribution in [-0.2, 0) is 26.2 Å². The van der Waals surface area contributed by atoms with Gasteiger partial charge in [0.25, 0.3) is 10.0 Å². The highest BCUT2D eigenvalue weighted by molar-refractivity contribution is 7.92. The van der Waals surface area contributed by atoms with Crippen LogP contribution in [0.15, 0.2) is 83.8 Å². The van der Waals surface area contributed by atoms with Crippen molar-refractivity contribution in [1.82, 2.24) is 10.2 Å². The summed E-state index contributed by atoms with van der Waals surface area (Å²) < 4.78 is 33.8. The molecule has 0 aromatic heterocycles. The van der Waals surface area contributed by atoms with E-state index < -0.39 is 28.5 Å². The van der Waals surface area contributed by atoms with Crippen molar-refractivity contribution in [3.05, 3.63) is 89.4 Å². The molecule has 3 aromatic rings. The first-order valence-electron chi connectivity index (χ1n) is 12.2. The monoisotopic (exact) mass is 557 g/mol. The molecule has 2 amide bonds. The number of ether oxygens (including phenoxy) is 1. The fourth-order valence-electron chi connectivity index (χ4n) is 4.03. The Balaban J connectivity index is 2.05. The smallest absolute Gasteiger partial charge is 0.264 e. The van der Waals surface area contributed by atoms with Gasteiger partial charge in [0.2, 0.25) is 11.8 Å². The van der Waals surface area contributed by atoms with Gasteiger partial charge in [-0.1, -0.05) is 54.9 Å². The van der Waals surface area contributed by atoms with Gasteiger partial charge in [0.1, 0.15) is 18.3 Å². The number of carbonyl (C=O) groups is 2. The van der Waals surface area contributed by atoms with E-state index in [0.29, 0.717) is 23.7 Å². The van der Waals surface area contributed by atoms with Crippen molar-refractivity contribution < 1.29 is 22.7 Å². The first-order chi connectivity index (χ1) is 18.2. The van der Waals surface area contributed by atoms with Gasteiger partial charge in [0.05, 0.1) is 17.7 Å². The highest BCUT2D eigenvalue weighted by Crippen LogP contribution is 2.28. The molecule has 0 aliphatic heterocycles. The molecule has 0 saturated carbocycles. The summed E-state index contributed by atoms with van der Waals surface area (Å²) in [6.45, 7) is 3.63. The minimum absolute atomic E-state index is 0.0172. The number of carbonyl (C=O) groups excluding carboxylic acids is 2.